The van der Waals surface area contributed by atoms with E-state index in [-0.39, 0.29) is 5.92 Å². The molecule has 2 heterocycles. The van der Waals surface area contributed by atoms with Gasteiger partial charge in [0.25, 0.3) is 0 Å². The maximum Gasteiger partial charge on any atom is 0.136 e. The Balaban J connectivity index is 0.970. The van der Waals surface area contributed by atoms with Crippen LogP contribution in [0.2, 0.25) is 0 Å². The number of benzene rings is 9. The van der Waals surface area contributed by atoms with Crippen molar-refractivity contribution in [1.82, 2.24) is 0 Å². The van der Waals surface area contributed by atoms with Gasteiger partial charge in [-0.25, -0.2) is 0 Å². The molecule has 2 aromatic heterocycles. The van der Waals surface area contributed by atoms with E-state index in [4.69, 9.17) is 4.42 Å². The van der Waals surface area contributed by atoms with Crippen LogP contribution >= 0.6 is 11.3 Å². The van der Waals surface area contributed by atoms with Gasteiger partial charge in [0.05, 0.1) is 0 Å². The quantitative estimate of drug-likeness (QED) is 0.160. The summed E-state index contributed by atoms with van der Waals surface area (Å²) in [6, 6.07) is 69.0. The molecule has 1 unspecified atom stereocenters. The van der Waals surface area contributed by atoms with E-state index >= 15 is 0 Å². The summed E-state index contributed by atoms with van der Waals surface area (Å²) in [6.45, 7) is 0. The van der Waals surface area contributed by atoms with Crippen molar-refractivity contribution in [3.63, 3.8) is 0 Å². The van der Waals surface area contributed by atoms with Gasteiger partial charge >= 0.3 is 0 Å². The van der Waals surface area contributed by atoms with E-state index in [2.05, 4.69) is 188 Å². The van der Waals surface area contributed by atoms with Crippen molar-refractivity contribution >= 4 is 75.0 Å². The maximum absolute atomic E-state index is 6.76. The predicted octanol–water partition coefficient (Wildman–Crippen LogP) is 15.4. The number of thiophene rings is 1. The lowest BCUT2D eigenvalue weighted by Crippen LogP contribution is -2.03. The molecule has 55 heavy (non-hydrogen) atoms. The molecule has 0 bridgehead atoms. The van der Waals surface area contributed by atoms with Crippen molar-refractivity contribution in [3.8, 4) is 22.3 Å². The zero-order valence-electron chi connectivity index (χ0n) is 30.2. The van der Waals surface area contributed by atoms with Gasteiger partial charge in [-0.1, -0.05) is 158 Å². The Hall–Kier alpha value is -6.48. The third-order valence-electron chi connectivity index (χ3n) is 11.6. The highest BCUT2D eigenvalue weighted by molar-refractivity contribution is 7.25. The number of rotatable bonds is 7. The smallest absolute Gasteiger partial charge is 0.136 e. The zero-order valence-corrected chi connectivity index (χ0v) is 31.0. The summed E-state index contributed by atoms with van der Waals surface area (Å²) < 4.78 is 9.45. The summed E-state index contributed by atoms with van der Waals surface area (Å²) in [5.74, 6) is 0.249. The molecule has 0 spiro atoms. The van der Waals surface area contributed by atoms with Gasteiger partial charge in [-0.2, -0.15) is 0 Å². The molecule has 0 saturated carbocycles. The molecule has 0 aliphatic carbocycles. The second-order valence-corrected chi connectivity index (χ2v) is 15.9. The van der Waals surface area contributed by atoms with Crippen LogP contribution in [0.3, 0.4) is 0 Å². The molecule has 0 amide bonds. The van der Waals surface area contributed by atoms with E-state index in [1.54, 1.807) is 0 Å². The molecule has 0 fully saturated rings. The summed E-state index contributed by atoms with van der Waals surface area (Å²) in [5, 5.41) is 10.0. The lowest BCUT2D eigenvalue weighted by atomic mass is 9.85. The number of hydrogen-bond acceptors (Lipinski definition) is 2. The van der Waals surface area contributed by atoms with Crippen LogP contribution < -0.4 is 0 Å². The van der Waals surface area contributed by atoms with Crippen molar-refractivity contribution < 1.29 is 4.42 Å². The molecule has 0 aliphatic heterocycles. The molecular formula is C53H36OS. The Kier molecular flexibility index (Phi) is 7.63. The Labute approximate surface area is 323 Å². The fourth-order valence-electron chi connectivity index (χ4n) is 8.77. The molecule has 0 radical (unpaired) electrons. The van der Waals surface area contributed by atoms with Gasteiger partial charge in [0.15, 0.2) is 0 Å². The highest BCUT2D eigenvalue weighted by atomic mass is 32.1. The Morgan fingerprint density at radius 3 is 1.96 bits per heavy atom. The monoisotopic (exact) mass is 720 g/mol. The van der Waals surface area contributed by atoms with E-state index in [9.17, 15) is 0 Å². The zero-order chi connectivity index (χ0) is 36.3. The summed E-state index contributed by atoms with van der Waals surface area (Å²) in [4.78, 5) is 0. The molecule has 0 N–H and O–H groups in total. The lowest BCUT2D eigenvalue weighted by Gasteiger charge is -2.19. The standard InChI is InChI=1S/C53H36OS/c1-2-10-35(11-3-1)37-20-23-38(24-21-37)42(41-26-29-45-44-15-8-9-17-51(44)55-52(45)32-41)27-18-34-19-28-47-49(30-34)54-50-33-48(43-14-6-7-16-46(43)53(47)50)40-25-22-36-12-4-5-13-39(36)31-40/h1-17,19-26,28-33,42H,18,27H2. The van der Waals surface area contributed by atoms with Gasteiger partial charge in [-0.05, 0) is 104 Å². The van der Waals surface area contributed by atoms with Gasteiger partial charge in [-0.15, -0.1) is 11.3 Å². The molecular weight excluding hydrogens is 685 g/mol. The summed E-state index contributed by atoms with van der Waals surface area (Å²) in [6.07, 6.45) is 1.92. The number of aryl methyl sites for hydroxylation is 1. The van der Waals surface area contributed by atoms with Crippen molar-refractivity contribution in [2.45, 2.75) is 18.8 Å². The van der Waals surface area contributed by atoms with Crippen LogP contribution in [0, 0.1) is 0 Å². The van der Waals surface area contributed by atoms with Gasteiger partial charge in [0, 0.05) is 36.9 Å². The summed E-state index contributed by atoms with van der Waals surface area (Å²) >= 11 is 1.89. The molecule has 260 valence electrons. The second-order valence-electron chi connectivity index (χ2n) is 14.8. The van der Waals surface area contributed by atoms with Crippen LogP contribution in [0.25, 0.3) is 85.9 Å². The Morgan fingerprint density at radius 2 is 1.09 bits per heavy atom. The van der Waals surface area contributed by atoms with Crippen LogP contribution in [0.15, 0.2) is 192 Å². The van der Waals surface area contributed by atoms with Crippen LogP contribution in [-0.2, 0) is 6.42 Å². The molecule has 2 heteroatoms. The number of fused-ring (bicyclic) bond motifs is 9. The van der Waals surface area contributed by atoms with Crippen LogP contribution in [-0.4, -0.2) is 0 Å². The van der Waals surface area contributed by atoms with Gasteiger partial charge in [0.1, 0.15) is 11.2 Å². The van der Waals surface area contributed by atoms with E-state index < -0.39 is 0 Å². The van der Waals surface area contributed by atoms with Gasteiger partial charge < -0.3 is 4.42 Å². The van der Waals surface area contributed by atoms with Crippen molar-refractivity contribution in [1.29, 1.82) is 0 Å². The topological polar surface area (TPSA) is 13.1 Å². The fraction of sp³-hybridized carbons (Fsp3) is 0.0566. The van der Waals surface area contributed by atoms with E-state index in [1.165, 1.54) is 91.4 Å². The van der Waals surface area contributed by atoms with E-state index in [1.807, 2.05) is 11.3 Å². The van der Waals surface area contributed by atoms with E-state index in [0.717, 1.165) is 24.0 Å². The average Bonchev–Trinajstić information content (AvgIpc) is 3.81. The highest BCUT2D eigenvalue weighted by Crippen LogP contribution is 2.42. The molecule has 1 nitrogen and oxygen atoms in total. The summed E-state index contributed by atoms with van der Waals surface area (Å²) in [7, 11) is 0. The van der Waals surface area contributed by atoms with Gasteiger partial charge in [0.2, 0.25) is 0 Å². The SMILES string of the molecule is c1ccc(-c2ccc(C(CCc3ccc4c(c3)oc3cc(-c5ccc6ccccc6c5)c5ccccc5c34)c3ccc4c(c3)sc3ccccc34)cc2)cc1. The third kappa shape index (κ3) is 5.61. The van der Waals surface area contributed by atoms with Gasteiger partial charge in [-0.3, -0.25) is 0 Å². The molecule has 1 atom stereocenters. The molecule has 0 saturated heterocycles. The van der Waals surface area contributed by atoms with Crippen LogP contribution in [0.5, 0.6) is 0 Å². The maximum atomic E-state index is 6.76. The lowest BCUT2D eigenvalue weighted by molar-refractivity contribution is 0.666. The first-order valence-corrected chi connectivity index (χ1v) is 20.0. The highest BCUT2D eigenvalue weighted by Gasteiger charge is 2.19. The minimum absolute atomic E-state index is 0.249. The van der Waals surface area contributed by atoms with Crippen molar-refractivity contribution in [2.75, 3.05) is 0 Å². The normalized spacial score (nSPS) is 12.4. The molecule has 9 aromatic carbocycles. The fourth-order valence-corrected chi connectivity index (χ4v) is 9.92. The molecule has 11 rings (SSSR count). The predicted molar refractivity (Wildman–Crippen MR) is 236 cm³/mol. The van der Waals surface area contributed by atoms with Crippen LogP contribution in [0.1, 0.15) is 29.0 Å². The van der Waals surface area contributed by atoms with Crippen molar-refractivity contribution in [3.05, 3.63) is 205 Å². The third-order valence-corrected chi connectivity index (χ3v) is 12.7. The minimum atomic E-state index is 0.249. The second kappa shape index (κ2) is 13.1. The van der Waals surface area contributed by atoms with E-state index in [0.29, 0.717) is 0 Å². The minimum Gasteiger partial charge on any atom is -0.456 e. The summed E-state index contributed by atoms with van der Waals surface area (Å²) in [5.41, 5.74) is 10.8. The van der Waals surface area contributed by atoms with Crippen LogP contribution in [0.4, 0.5) is 0 Å². The number of hydrogen-bond donors (Lipinski definition) is 0. The Morgan fingerprint density at radius 1 is 0.418 bits per heavy atom. The molecule has 11 aromatic rings. The largest absolute Gasteiger partial charge is 0.456 e. The average molecular weight is 721 g/mol. The van der Waals surface area contributed by atoms with Crippen molar-refractivity contribution in [2.24, 2.45) is 0 Å². The first-order valence-electron chi connectivity index (χ1n) is 19.2. The Bertz CT molecular complexity index is 3200. The number of furan rings is 1. The first-order chi connectivity index (χ1) is 27.2. The molecule has 0 aliphatic rings. The first kappa shape index (κ1) is 32.0.